The molecule has 0 spiro atoms. The maximum Gasteiger partial charge on any atom is 0.252 e. The average molecular weight is 372 g/mol. The Morgan fingerprint density at radius 2 is 1.68 bits per heavy atom. The molecular formula is C24H24N2O2. The fraction of sp³-hybridized carbons (Fsp3) is 0.250. The molecule has 142 valence electrons. The molecule has 4 heteroatoms. The number of benzene rings is 3. The van der Waals surface area contributed by atoms with Crippen molar-refractivity contribution in [3.63, 3.8) is 0 Å². The van der Waals surface area contributed by atoms with Gasteiger partial charge in [0.15, 0.2) is 0 Å². The maximum absolute atomic E-state index is 12.8. The van der Waals surface area contributed by atoms with Crippen LogP contribution in [0.2, 0.25) is 0 Å². The molecular weight excluding hydrogens is 348 g/mol. The van der Waals surface area contributed by atoms with Crippen LogP contribution in [0.15, 0.2) is 54.6 Å². The van der Waals surface area contributed by atoms with Gasteiger partial charge < -0.3 is 10.6 Å². The van der Waals surface area contributed by atoms with Crippen molar-refractivity contribution in [3.8, 4) is 0 Å². The molecule has 0 fully saturated rings. The van der Waals surface area contributed by atoms with E-state index >= 15 is 0 Å². The first-order chi connectivity index (χ1) is 13.7. The number of carbonyl (C=O) groups is 2. The molecule has 0 saturated heterocycles. The van der Waals surface area contributed by atoms with Crippen LogP contribution in [0.5, 0.6) is 0 Å². The average Bonchev–Trinajstić information content (AvgIpc) is 3.16. The zero-order valence-corrected chi connectivity index (χ0v) is 16.0. The summed E-state index contributed by atoms with van der Waals surface area (Å²) in [6.45, 7) is 3.06. The lowest BCUT2D eigenvalue weighted by atomic mass is 9.99. The standard InChI is InChI=1S/C24H24N2O2/c1-2-13-25-23(27)19-7-3-5-16(14-19)15-26-24(28)21-12-11-18-10-9-17-6-4-8-20(21)22(17)18/h3-8,11-12,14H,2,9-10,13,15H2,1H3,(H,25,27)(H,26,28). The van der Waals surface area contributed by atoms with Gasteiger partial charge in [-0.2, -0.15) is 0 Å². The van der Waals surface area contributed by atoms with Crippen molar-refractivity contribution in [2.45, 2.75) is 32.7 Å². The predicted molar refractivity (Wildman–Crippen MR) is 112 cm³/mol. The Labute approximate surface area is 165 Å². The van der Waals surface area contributed by atoms with Gasteiger partial charge in [-0.15, -0.1) is 0 Å². The zero-order chi connectivity index (χ0) is 19.5. The summed E-state index contributed by atoms with van der Waals surface area (Å²) >= 11 is 0. The van der Waals surface area contributed by atoms with E-state index in [0.717, 1.165) is 30.2 Å². The van der Waals surface area contributed by atoms with Gasteiger partial charge in [0, 0.05) is 24.2 Å². The number of rotatable bonds is 6. The lowest BCUT2D eigenvalue weighted by molar-refractivity contribution is 0.0947. The van der Waals surface area contributed by atoms with Gasteiger partial charge in [-0.1, -0.05) is 43.3 Å². The van der Waals surface area contributed by atoms with Gasteiger partial charge in [-0.3, -0.25) is 9.59 Å². The predicted octanol–water partition coefficient (Wildman–Crippen LogP) is 4.01. The third kappa shape index (κ3) is 3.50. The largest absolute Gasteiger partial charge is 0.352 e. The van der Waals surface area contributed by atoms with Gasteiger partial charge in [-0.05, 0) is 64.9 Å². The van der Waals surface area contributed by atoms with E-state index in [1.165, 1.54) is 16.5 Å². The fourth-order valence-electron chi connectivity index (χ4n) is 3.89. The second-order valence-corrected chi connectivity index (χ2v) is 7.25. The van der Waals surface area contributed by atoms with Crippen molar-refractivity contribution in [2.75, 3.05) is 6.54 Å². The molecule has 0 aromatic heterocycles. The van der Waals surface area contributed by atoms with Gasteiger partial charge in [0.2, 0.25) is 0 Å². The number of aryl methyl sites for hydroxylation is 2. The monoisotopic (exact) mass is 372 g/mol. The molecule has 1 aliphatic carbocycles. The van der Waals surface area contributed by atoms with Gasteiger partial charge in [0.1, 0.15) is 0 Å². The van der Waals surface area contributed by atoms with Crippen LogP contribution in [0.25, 0.3) is 10.8 Å². The highest BCUT2D eigenvalue weighted by Crippen LogP contribution is 2.32. The highest BCUT2D eigenvalue weighted by atomic mass is 16.2. The summed E-state index contributed by atoms with van der Waals surface area (Å²) in [6.07, 6.45) is 2.99. The van der Waals surface area contributed by atoms with Crippen LogP contribution in [0.1, 0.15) is 50.8 Å². The van der Waals surface area contributed by atoms with Crippen LogP contribution in [-0.2, 0) is 19.4 Å². The summed E-state index contributed by atoms with van der Waals surface area (Å²) < 4.78 is 0. The van der Waals surface area contributed by atoms with E-state index in [0.29, 0.717) is 24.2 Å². The Morgan fingerprint density at radius 1 is 0.893 bits per heavy atom. The van der Waals surface area contributed by atoms with Crippen molar-refractivity contribution in [2.24, 2.45) is 0 Å². The fourth-order valence-corrected chi connectivity index (χ4v) is 3.89. The van der Waals surface area contributed by atoms with Crippen molar-refractivity contribution in [3.05, 3.63) is 82.4 Å². The summed E-state index contributed by atoms with van der Waals surface area (Å²) in [5.74, 6) is -0.168. The van der Waals surface area contributed by atoms with E-state index in [4.69, 9.17) is 0 Å². The quantitative estimate of drug-likeness (QED) is 0.687. The molecule has 0 radical (unpaired) electrons. The molecule has 0 aliphatic heterocycles. The highest BCUT2D eigenvalue weighted by Gasteiger charge is 2.18. The van der Waals surface area contributed by atoms with Crippen LogP contribution in [0, 0.1) is 0 Å². The van der Waals surface area contributed by atoms with Crippen LogP contribution in [0.3, 0.4) is 0 Å². The zero-order valence-electron chi connectivity index (χ0n) is 16.0. The summed E-state index contributed by atoms with van der Waals surface area (Å²) in [5, 5.41) is 8.15. The number of nitrogens with one attached hydrogen (secondary N) is 2. The van der Waals surface area contributed by atoms with Crippen LogP contribution in [0.4, 0.5) is 0 Å². The number of amides is 2. The molecule has 3 aromatic rings. The molecule has 2 N–H and O–H groups in total. The van der Waals surface area contributed by atoms with Crippen LogP contribution < -0.4 is 10.6 Å². The lowest BCUT2D eigenvalue weighted by Crippen LogP contribution is -2.25. The van der Waals surface area contributed by atoms with Gasteiger partial charge in [-0.25, -0.2) is 0 Å². The first-order valence-corrected chi connectivity index (χ1v) is 9.86. The first-order valence-electron chi connectivity index (χ1n) is 9.86. The van der Waals surface area contributed by atoms with E-state index in [1.54, 1.807) is 6.07 Å². The molecule has 0 heterocycles. The molecule has 1 aliphatic rings. The lowest BCUT2D eigenvalue weighted by Gasteiger charge is -2.11. The molecule has 0 unspecified atom stereocenters. The molecule has 4 rings (SSSR count). The Hall–Kier alpha value is -3.14. The van der Waals surface area contributed by atoms with E-state index in [1.807, 2.05) is 43.3 Å². The van der Waals surface area contributed by atoms with Crippen molar-refractivity contribution >= 4 is 22.6 Å². The van der Waals surface area contributed by atoms with Gasteiger partial charge in [0.05, 0.1) is 0 Å². The van der Waals surface area contributed by atoms with Crippen LogP contribution >= 0.6 is 0 Å². The van der Waals surface area contributed by atoms with Crippen molar-refractivity contribution in [1.82, 2.24) is 10.6 Å². The third-order valence-corrected chi connectivity index (χ3v) is 5.30. The number of hydrogen-bond donors (Lipinski definition) is 2. The Balaban J connectivity index is 1.50. The summed E-state index contributed by atoms with van der Waals surface area (Å²) in [4.78, 5) is 25.0. The SMILES string of the molecule is CCCNC(=O)c1cccc(CNC(=O)c2ccc3c4c(cccc24)CC3)c1. The molecule has 2 amide bonds. The summed E-state index contributed by atoms with van der Waals surface area (Å²) in [5.41, 5.74) is 4.88. The Morgan fingerprint density at radius 3 is 2.50 bits per heavy atom. The Kier molecular flexibility index (Phi) is 5.11. The minimum atomic E-state index is -0.0866. The second-order valence-electron chi connectivity index (χ2n) is 7.25. The molecule has 28 heavy (non-hydrogen) atoms. The van der Waals surface area contributed by atoms with E-state index in [-0.39, 0.29) is 11.8 Å². The molecule has 0 atom stereocenters. The Bertz CT molecular complexity index is 1050. The summed E-state index contributed by atoms with van der Waals surface area (Å²) in [7, 11) is 0. The van der Waals surface area contributed by atoms with Crippen molar-refractivity contribution < 1.29 is 9.59 Å². The van der Waals surface area contributed by atoms with E-state index in [2.05, 4.69) is 22.8 Å². The molecule has 4 nitrogen and oxygen atoms in total. The normalized spacial score (nSPS) is 12.2. The molecule has 3 aromatic carbocycles. The topological polar surface area (TPSA) is 58.2 Å². The highest BCUT2D eigenvalue weighted by molar-refractivity contribution is 6.09. The van der Waals surface area contributed by atoms with Crippen molar-refractivity contribution in [1.29, 1.82) is 0 Å². The van der Waals surface area contributed by atoms with Gasteiger partial charge in [0.25, 0.3) is 11.8 Å². The van der Waals surface area contributed by atoms with E-state index in [9.17, 15) is 9.59 Å². The minimum absolute atomic E-state index is 0.0810. The van der Waals surface area contributed by atoms with E-state index < -0.39 is 0 Å². The molecule has 0 bridgehead atoms. The second kappa shape index (κ2) is 7.85. The van der Waals surface area contributed by atoms with Crippen LogP contribution in [-0.4, -0.2) is 18.4 Å². The van der Waals surface area contributed by atoms with Gasteiger partial charge >= 0.3 is 0 Å². The smallest absolute Gasteiger partial charge is 0.252 e. The summed E-state index contributed by atoms with van der Waals surface area (Å²) in [6, 6.07) is 17.6. The maximum atomic E-state index is 12.8. The third-order valence-electron chi connectivity index (χ3n) is 5.30. The minimum Gasteiger partial charge on any atom is -0.352 e. The number of carbonyl (C=O) groups excluding carboxylic acids is 2. The first kappa shape index (κ1) is 18.2. The molecule has 0 saturated carbocycles. The number of hydrogen-bond acceptors (Lipinski definition) is 2.